The molecule has 1 aliphatic rings. The molecule has 1 saturated heterocycles. The Morgan fingerprint density at radius 2 is 2.05 bits per heavy atom. The monoisotopic (exact) mass is 284 g/mol. The van der Waals surface area contributed by atoms with Crippen molar-refractivity contribution < 1.29 is 5.21 Å². The molecule has 1 unspecified atom stereocenters. The van der Waals surface area contributed by atoms with Gasteiger partial charge in [0.15, 0.2) is 0 Å². The highest BCUT2D eigenvalue weighted by molar-refractivity contribution is 5.85. The van der Waals surface area contributed by atoms with Crippen LogP contribution in [-0.2, 0) is 0 Å². The summed E-state index contributed by atoms with van der Waals surface area (Å²) >= 11 is 0. The predicted octanol–water partition coefficient (Wildman–Crippen LogP) is 1.96. The Labute approximate surface area is 123 Å². The van der Waals surface area contributed by atoms with Gasteiger partial charge in [-0.25, -0.2) is 0 Å². The lowest BCUT2D eigenvalue weighted by Gasteiger charge is -2.27. The molecule has 0 aromatic carbocycles. The van der Waals surface area contributed by atoms with Crippen molar-refractivity contribution in [3.8, 4) is 0 Å². The molecule has 0 amide bonds. The Kier molecular flexibility index (Phi) is 6.76. The first-order valence-electron chi connectivity index (χ1n) is 7.89. The highest BCUT2D eigenvalue weighted by Gasteiger charge is 2.27. The zero-order chi connectivity index (χ0) is 15.2. The number of nitrogens with two attached hydrogens (primary N) is 1. The number of amidine groups is 1. The highest BCUT2D eigenvalue weighted by Crippen LogP contribution is 2.23. The van der Waals surface area contributed by atoms with Crippen molar-refractivity contribution in [3.05, 3.63) is 0 Å². The van der Waals surface area contributed by atoms with Crippen LogP contribution in [0.2, 0.25) is 0 Å². The minimum absolute atomic E-state index is 0.216. The summed E-state index contributed by atoms with van der Waals surface area (Å²) in [6.45, 7) is 14.3. The maximum absolute atomic E-state index is 8.78. The lowest BCUT2D eigenvalue weighted by molar-refractivity contribution is 0.208. The summed E-state index contributed by atoms with van der Waals surface area (Å²) in [6, 6.07) is 0.724. The normalized spacial score (nSPS) is 21.9. The molecule has 0 aliphatic carbocycles. The summed E-state index contributed by atoms with van der Waals surface area (Å²) in [5.41, 5.74) is 5.51. The summed E-state index contributed by atoms with van der Waals surface area (Å²) in [5.74, 6) is 0.333. The number of hydrogen-bond donors (Lipinski definition) is 2. The minimum atomic E-state index is -0.216. The van der Waals surface area contributed by atoms with Gasteiger partial charge in [0.05, 0.1) is 0 Å². The van der Waals surface area contributed by atoms with Gasteiger partial charge in [-0.3, -0.25) is 4.90 Å². The smallest absolute Gasteiger partial charge is 0.144 e. The van der Waals surface area contributed by atoms with Crippen molar-refractivity contribution in [2.75, 3.05) is 32.7 Å². The number of likely N-dealkylation sites (N-methyl/N-ethyl adjacent to an activating group) is 1. The number of oxime groups is 1. The molecule has 5 nitrogen and oxygen atoms in total. The maximum Gasteiger partial charge on any atom is 0.144 e. The van der Waals surface area contributed by atoms with E-state index >= 15 is 0 Å². The van der Waals surface area contributed by atoms with Gasteiger partial charge in [0.25, 0.3) is 0 Å². The van der Waals surface area contributed by atoms with E-state index in [0.29, 0.717) is 5.84 Å². The van der Waals surface area contributed by atoms with Gasteiger partial charge in [0.2, 0.25) is 0 Å². The molecule has 5 heteroatoms. The molecule has 0 saturated carbocycles. The molecular formula is C15H32N4O. The Morgan fingerprint density at radius 1 is 1.40 bits per heavy atom. The summed E-state index contributed by atoms with van der Waals surface area (Å²) in [5, 5.41) is 11.9. The van der Waals surface area contributed by atoms with Gasteiger partial charge < -0.3 is 15.8 Å². The van der Waals surface area contributed by atoms with E-state index in [2.05, 4.69) is 28.8 Å². The molecular weight excluding hydrogens is 252 g/mol. The van der Waals surface area contributed by atoms with Crippen LogP contribution in [0.4, 0.5) is 0 Å². The largest absolute Gasteiger partial charge is 0.409 e. The second kappa shape index (κ2) is 7.84. The van der Waals surface area contributed by atoms with E-state index in [-0.39, 0.29) is 5.41 Å². The molecule has 1 rings (SSSR count). The number of nitrogens with zero attached hydrogens (tertiary/aromatic N) is 3. The second-order valence-electron chi connectivity index (χ2n) is 6.44. The molecule has 3 N–H and O–H groups in total. The molecule has 20 heavy (non-hydrogen) atoms. The second-order valence-corrected chi connectivity index (χ2v) is 6.44. The van der Waals surface area contributed by atoms with Gasteiger partial charge in [-0.05, 0) is 45.4 Å². The third-order valence-corrected chi connectivity index (χ3v) is 4.65. The Balaban J connectivity index is 2.31. The summed E-state index contributed by atoms with van der Waals surface area (Å²) < 4.78 is 0. The van der Waals surface area contributed by atoms with Gasteiger partial charge >= 0.3 is 0 Å². The van der Waals surface area contributed by atoms with Gasteiger partial charge in [0.1, 0.15) is 5.84 Å². The fraction of sp³-hybridized carbons (Fsp3) is 0.933. The lowest BCUT2D eigenvalue weighted by Crippen LogP contribution is -2.37. The average molecular weight is 284 g/mol. The highest BCUT2D eigenvalue weighted by atomic mass is 16.4. The van der Waals surface area contributed by atoms with E-state index in [4.69, 9.17) is 10.9 Å². The van der Waals surface area contributed by atoms with E-state index in [9.17, 15) is 0 Å². The van der Waals surface area contributed by atoms with Crippen LogP contribution >= 0.6 is 0 Å². The SMILES string of the molecule is CCN(CC)C1CCN(CCCC(C)(C)C(N)=NO)C1. The van der Waals surface area contributed by atoms with E-state index in [1.54, 1.807) is 0 Å². The number of rotatable bonds is 8. The zero-order valence-corrected chi connectivity index (χ0v) is 13.6. The first-order chi connectivity index (χ1) is 9.44. The standard InChI is InChI=1S/C15H32N4O/c1-5-19(6-2)13-8-11-18(12-13)10-7-9-15(3,4)14(16)17-20/h13,20H,5-12H2,1-4H3,(H2,16,17). The molecule has 0 aromatic heterocycles. The van der Waals surface area contributed by atoms with E-state index in [1.165, 1.54) is 19.5 Å². The molecule has 1 fully saturated rings. The van der Waals surface area contributed by atoms with Crippen LogP contribution in [0.5, 0.6) is 0 Å². The van der Waals surface area contributed by atoms with Crippen LogP contribution in [0, 0.1) is 5.41 Å². The van der Waals surface area contributed by atoms with Crippen molar-refractivity contribution in [1.29, 1.82) is 0 Å². The third-order valence-electron chi connectivity index (χ3n) is 4.65. The molecule has 0 spiro atoms. The first kappa shape index (κ1) is 17.2. The van der Waals surface area contributed by atoms with Crippen molar-refractivity contribution in [3.63, 3.8) is 0 Å². The molecule has 1 aliphatic heterocycles. The summed E-state index contributed by atoms with van der Waals surface area (Å²) in [7, 11) is 0. The average Bonchev–Trinajstić information content (AvgIpc) is 2.87. The van der Waals surface area contributed by atoms with Crippen molar-refractivity contribution >= 4 is 5.84 Å². The zero-order valence-electron chi connectivity index (χ0n) is 13.6. The van der Waals surface area contributed by atoms with Crippen LogP contribution in [0.3, 0.4) is 0 Å². The Bertz CT molecular complexity index is 313. The quantitative estimate of drug-likeness (QED) is 0.309. The van der Waals surface area contributed by atoms with Crippen LogP contribution in [0.1, 0.15) is 47.0 Å². The van der Waals surface area contributed by atoms with E-state index < -0.39 is 0 Å². The first-order valence-corrected chi connectivity index (χ1v) is 7.89. The van der Waals surface area contributed by atoms with Gasteiger partial charge in [-0.1, -0.05) is 32.9 Å². The Morgan fingerprint density at radius 3 is 2.60 bits per heavy atom. The third kappa shape index (κ3) is 4.63. The van der Waals surface area contributed by atoms with Crippen LogP contribution in [0.25, 0.3) is 0 Å². The van der Waals surface area contributed by atoms with E-state index in [1.807, 2.05) is 13.8 Å². The van der Waals surface area contributed by atoms with Gasteiger partial charge in [0, 0.05) is 18.0 Å². The molecule has 1 atom stereocenters. The molecule has 0 aromatic rings. The van der Waals surface area contributed by atoms with Crippen LogP contribution < -0.4 is 5.73 Å². The number of likely N-dealkylation sites (tertiary alicyclic amines) is 1. The molecule has 1 heterocycles. The Hall–Kier alpha value is -0.810. The molecule has 118 valence electrons. The lowest BCUT2D eigenvalue weighted by atomic mass is 9.86. The summed E-state index contributed by atoms with van der Waals surface area (Å²) in [4.78, 5) is 5.10. The van der Waals surface area contributed by atoms with Crippen LogP contribution in [-0.4, -0.2) is 59.6 Å². The molecule has 0 bridgehead atoms. The topological polar surface area (TPSA) is 65.1 Å². The number of hydrogen-bond acceptors (Lipinski definition) is 4. The molecule has 0 radical (unpaired) electrons. The fourth-order valence-electron chi connectivity index (χ4n) is 3.06. The van der Waals surface area contributed by atoms with Gasteiger partial charge in [-0.2, -0.15) is 0 Å². The van der Waals surface area contributed by atoms with Crippen LogP contribution in [0.15, 0.2) is 5.16 Å². The van der Waals surface area contributed by atoms with Crippen molar-refractivity contribution in [2.24, 2.45) is 16.3 Å². The summed E-state index contributed by atoms with van der Waals surface area (Å²) in [6.07, 6.45) is 3.33. The predicted molar refractivity (Wildman–Crippen MR) is 84.2 cm³/mol. The van der Waals surface area contributed by atoms with Crippen molar-refractivity contribution in [2.45, 2.75) is 53.0 Å². The maximum atomic E-state index is 8.78. The van der Waals surface area contributed by atoms with Gasteiger partial charge in [-0.15, -0.1) is 0 Å². The van der Waals surface area contributed by atoms with E-state index in [0.717, 1.165) is 38.5 Å². The minimum Gasteiger partial charge on any atom is -0.409 e. The fourth-order valence-corrected chi connectivity index (χ4v) is 3.06. The van der Waals surface area contributed by atoms with Crippen molar-refractivity contribution in [1.82, 2.24) is 9.80 Å².